The third-order valence-electron chi connectivity index (χ3n) is 3.26. The van der Waals surface area contributed by atoms with Gasteiger partial charge in [-0.25, -0.2) is 9.59 Å². The average Bonchev–Trinajstić information content (AvgIpc) is 2.55. The normalized spacial score (nSPS) is 10.2. The lowest BCUT2D eigenvalue weighted by Crippen LogP contribution is -2.13. The Balaban J connectivity index is 2.20. The van der Waals surface area contributed by atoms with E-state index < -0.39 is 11.9 Å². The maximum atomic E-state index is 12.2. The number of carbonyl (C=O) groups is 2. The van der Waals surface area contributed by atoms with Crippen molar-refractivity contribution in [2.75, 3.05) is 12.3 Å². The van der Waals surface area contributed by atoms with Gasteiger partial charge in [0.2, 0.25) is 0 Å². The SMILES string of the molecule is CCCOC(=O)c1ccccc1OC(=O)c1ccc(C)c(N)c1. The van der Waals surface area contributed by atoms with E-state index in [2.05, 4.69) is 0 Å². The van der Waals surface area contributed by atoms with Crippen LogP contribution >= 0.6 is 0 Å². The van der Waals surface area contributed by atoms with Gasteiger partial charge in [-0.15, -0.1) is 0 Å². The summed E-state index contributed by atoms with van der Waals surface area (Å²) >= 11 is 0. The van der Waals surface area contributed by atoms with Crippen LogP contribution in [0.4, 0.5) is 5.69 Å². The first kappa shape index (κ1) is 16.5. The molecule has 0 aliphatic rings. The third kappa shape index (κ3) is 4.10. The Bertz CT molecular complexity index is 725. The van der Waals surface area contributed by atoms with Gasteiger partial charge in [0.15, 0.2) is 0 Å². The van der Waals surface area contributed by atoms with Gasteiger partial charge in [0.25, 0.3) is 0 Å². The number of para-hydroxylation sites is 1. The number of nitrogens with two attached hydrogens (primary N) is 1. The topological polar surface area (TPSA) is 78.6 Å². The zero-order valence-corrected chi connectivity index (χ0v) is 13.2. The number of hydrogen-bond donors (Lipinski definition) is 1. The van der Waals surface area contributed by atoms with Gasteiger partial charge in [-0.3, -0.25) is 0 Å². The molecule has 120 valence electrons. The fourth-order valence-corrected chi connectivity index (χ4v) is 1.92. The second kappa shape index (κ2) is 7.45. The number of carbonyl (C=O) groups excluding carboxylic acids is 2. The van der Waals surface area contributed by atoms with Crippen LogP contribution in [0, 0.1) is 6.92 Å². The zero-order valence-electron chi connectivity index (χ0n) is 13.2. The summed E-state index contributed by atoms with van der Waals surface area (Å²) in [6.07, 6.45) is 0.719. The Hall–Kier alpha value is -2.82. The molecule has 2 aromatic carbocycles. The van der Waals surface area contributed by atoms with Crippen LogP contribution in [0.25, 0.3) is 0 Å². The van der Waals surface area contributed by atoms with Gasteiger partial charge in [0, 0.05) is 5.69 Å². The fraction of sp³-hybridized carbons (Fsp3) is 0.222. The first-order chi connectivity index (χ1) is 11.0. The molecule has 0 aromatic heterocycles. The van der Waals surface area contributed by atoms with Crippen LogP contribution in [0.2, 0.25) is 0 Å². The molecular weight excluding hydrogens is 294 g/mol. The number of benzene rings is 2. The molecule has 5 heteroatoms. The molecule has 5 nitrogen and oxygen atoms in total. The Morgan fingerprint density at radius 1 is 1.09 bits per heavy atom. The lowest BCUT2D eigenvalue weighted by atomic mass is 10.1. The summed E-state index contributed by atoms with van der Waals surface area (Å²) in [6, 6.07) is 11.4. The second-order valence-electron chi connectivity index (χ2n) is 5.09. The highest BCUT2D eigenvalue weighted by molar-refractivity contribution is 5.96. The molecule has 0 aliphatic carbocycles. The second-order valence-corrected chi connectivity index (χ2v) is 5.09. The monoisotopic (exact) mass is 313 g/mol. The quantitative estimate of drug-likeness (QED) is 0.520. The molecule has 0 saturated carbocycles. The molecule has 0 atom stereocenters. The lowest BCUT2D eigenvalue weighted by Gasteiger charge is -2.10. The van der Waals surface area contributed by atoms with Crippen molar-refractivity contribution >= 4 is 17.6 Å². The van der Waals surface area contributed by atoms with E-state index in [1.54, 1.807) is 42.5 Å². The molecular formula is C18H19NO4. The van der Waals surface area contributed by atoms with Crippen LogP contribution < -0.4 is 10.5 Å². The number of ether oxygens (including phenoxy) is 2. The van der Waals surface area contributed by atoms with E-state index in [4.69, 9.17) is 15.2 Å². The van der Waals surface area contributed by atoms with Crippen molar-refractivity contribution in [3.63, 3.8) is 0 Å². The Kier molecular flexibility index (Phi) is 5.36. The summed E-state index contributed by atoms with van der Waals surface area (Å²) in [5, 5.41) is 0. The van der Waals surface area contributed by atoms with E-state index >= 15 is 0 Å². The van der Waals surface area contributed by atoms with Crippen LogP contribution in [-0.4, -0.2) is 18.5 Å². The predicted molar refractivity (Wildman–Crippen MR) is 87.6 cm³/mol. The molecule has 0 fully saturated rings. The van der Waals surface area contributed by atoms with Crippen LogP contribution in [-0.2, 0) is 4.74 Å². The van der Waals surface area contributed by atoms with Gasteiger partial charge in [0.05, 0.1) is 12.2 Å². The highest BCUT2D eigenvalue weighted by Crippen LogP contribution is 2.21. The average molecular weight is 313 g/mol. The van der Waals surface area contributed by atoms with Gasteiger partial charge >= 0.3 is 11.9 Å². The van der Waals surface area contributed by atoms with Gasteiger partial charge in [-0.05, 0) is 43.2 Å². The van der Waals surface area contributed by atoms with E-state index in [-0.39, 0.29) is 11.3 Å². The standard InChI is InChI=1S/C18H19NO4/c1-3-10-22-18(21)14-6-4-5-7-16(14)23-17(20)13-9-8-12(2)15(19)11-13/h4-9,11H,3,10,19H2,1-2H3. The van der Waals surface area contributed by atoms with Crippen molar-refractivity contribution in [1.82, 2.24) is 0 Å². The van der Waals surface area contributed by atoms with E-state index in [9.17, 15) is 9.59 Å². The number of aryl methyl sites for hydroxylation is 1. The number of nitrogen functional groups attached to an aromatic ring is 1. The van der Waals surface area contributed by atoms with Crippen molar-refractivity contribution < 1.29 is 19.1 Å². The molecule has 2 aromatic rings. The maximum absolute atomic E-state index is 12.2. The molecule has 0 amide bonds. The summed E-state index contributed by atoms with van der Waals surface area (Å²) in [4.78, 5) is 24.2. The summed E-state index contributed by atoms with van der Waals surface area (Å²) in [5.74, 6) is -0.927. The molecule has 0 bridgehead atoms. The minimum Gasteiger partial charge on any atom is -0.462 e. The zero-order chi connectivity index (χ0) is 16.8. The smallest absolute Gasteiger partial charge is 0.343 e. The lowest BCUT2D eigenvalue weighted by molar-refractivity contribution is 0.0499. The van der Waals surface area contributed by atoms with E-state index in [0.29, 0.717) is 17.9 Å². The summed E-state index contributed by atoms with van der Waals surface area (Å²) in [6.45, 7) is 4.07. The Morgan fingerprint density at radius 2 is 1.83 bits per heavy atom. The molecule has 0 heterocycles. The van der Waals surface area contributed by atoms with Crippen LogP contribution in [0.1, 0.15) is 39.6 Å². The Labute approximate surface area is 135 Å². The highest BCUT2D eigenvalue weighted by Gasteiger charge is 2.17. The minimum atomic E-state index is -0.576. The molecule has 2 N–H and O–H groups in total. The number of rotatable bonds is 5. The minimum absolute atomic E-state index is 0.165. The van der Waals surface area contributed by atoms with Gasteiger partial charge in [-0.1, -0.05) is 25.1 Å². The molecule has 0 radical (unpaired) electrons. The highest BCUT2D eigenvalue weighted by atomic mass is 16.5. The van der Waals surface area contributed by atoms with Crippen molar-refractivity contribution in [2.45, 2.75) is 20.3 Å². The molecule has 0 spiro atoms. The van der Waals surface area contributed by atoms with Crippen molar-refractivity contribution in [1.29, 1.82) is 0 Å². The number of hydrogen-bond acceptors (Lipinski definition) is 5. The summed E-state index contributed by atoms with van der Waals surface area (Å²) < 4.78 is 10.4. The van der Waals surface area contributed by atoms with Crippen molar-refractivity contribution in [3.05, 3.63) is 59.2 Å². The number of anilines is 1. The molecule has 0 unspecified atom stereocenters. The van der Waals surface area contributed by atoms with Gasteiger partial charge in [-0.2, -0.15) is 0 Å². The van der Waals surface area contributed by atoms with Crippen LogP contribution in [0.5, 0.6) is 5.75 Å². The molecule has 23 heavy (non-hydrogen) atoms. The van der Waals surface area contributed by atoms with E-state index in [1.807, 2.05) is 13.8 Å². The van der Waals surface area contributed by atoms with Crippen LogP contribution in [0.15, 0.2) is 42.5 Å². The fourth-order valence-electron chi connectivity index (χ4n) is 1.92. The van der Waals surface area contributed by atoms with Gasteiger partial charge in [0.1, 0.15) is 11.3 Å². The third-order valence-corrected chi connectivity index (χ3v) is 3.26. The molecule has 0 aliphatic heterocycles. The first-order valence-corrected chi connectivity index (χ1v) is 7.37. The summed E-state index contributed by atoms with van der Waals surface area (Å²) in [7, 11) is 0. The van der Waals surface area contributed by atoms with Crippen LogP contribution in [0.3, 0.4) is 0 Å². The molecule has 0 saturated heterocycles. The Morgan fingerprint density at radius 3 is 2.52 bits per heavy atom. The summed E-state index contributed by atoms with van der Waals surface area (Å²) in [5.41, 5.74) is 7.73. The van der Waals surface area contributed by atoms with E-state index in [1.165, 1.54) is 0 Å². The van der Waals surface area contributed by atoms with Crippen molar-refractivity contribution in [2.24, 2.45) is 0 Å². The molecule has 2 rings (SSSR count). The largest absolute Gasteiger partial charge is 0.462 e. The number of esters is 2. The van der Waals surface area contributed by atoms with Gasteiger partial charge < -0.3 is 15.2 Å². The maximum Gasteiger partial charge on any atom is 0.343 e. The predicted octanol–water partition coefficient (Wildman–Crippen LogP) is 3.36. The van der Waals surface area contributed by atoms with Crippen molar-refractivity contribution in [3.8, 4) is 5.75 Å². The first-order valence-electron chi connectivity index (χ1n) is 7.37. The van der Waals surface area contributed by atoms with E-state index in [0.717, 1.165) is 12.0 Å².